The van der Waals surface area contributed by atoms with E-state index in [0.29, 0.717) is 24.8 Å². The largest absolute Gasteiger partial charge is 0.338 e. The van der Waals surface area contributed by atoms with Gasteiger partial charge in [-0.15, -0.1) is 0 Å². The number of carbonyl (C=O) groups is 1. The lowest BCUT2D eigenvalue weighted by molar-refractivity contribution is -0.141. The molecule has 0 heterocycles. The van der Waals surface area contributed by atoms with Crippen LogP contribution in [0.2, 0.25) is 0 Å². The van der Waals surface area contributed by atoms with E-state index in [1.54, 1.807) is 0 Å². The molecule has 3 heteroatoms. The Bertz CT molecular complexity index is 333. The highest BCUT2D eigenvalue weighted by Crippen LogP contribution is 2.36. The molecule has 1 fully saturated rings. The first-order valence-corrected chi connectivity index (χ1v) is 7.73. The van der Waals surface area contributed by atoms with Crippen LogP contribution in [-0.4, -0.2) is 23.4 Å². The van der Waals surface area contributed by atoms with Gasteiger partial charge in [-0.3, -0.25) is 4.79 Å². The molecule has 3 nitrogen and oxygen atoms in total. The zero-order valence-corrected chi connectivity index (χ0v) is 12.9. The van der Waals surface area contributed by atoms with E-state index in [4.69, 9.17) is 0 Å². The number of nitrogens with zero attached hydrogens (tertiary/aromatic N) is 2. The lowest BCUT2D eigenvalue weighted by Gasteiger charge is -2.33. The van der Waals surface area contributed by atoms with Gasteiger partial charge in [-0.1, -0.05) is 40.5 Å². The summed E-state index contributed by atoms with van der Waals surface area (Å²) < 4.78 is 0. The SMILES string of the molecule is CCCC(C#N)(CCC)C(=O)N(CC(C)C)C1CC1. The molecule has 0 atom stereocenters. The van der Waals surface area contributed by atoms with Gasteiger partial charge in [0.25, 0.3) is 0 Å². The predicted molar refractivity (Wildman–Crippen MR) is 77.4 cm³/mol. The summed E-state index contributed by atoms with van der Waals surface area (Å²) in [5, 5.41) is 9.60. The van der Waals surface area contributed by atoms with Crippen molar-refractivity contribution >= 4 is 5.91 Å². The fraction of sp³-hybridized carbons (Fsp3) is 0.875. The molecule has 0 radical (unpaired) electrons. The Hall–Kier alpha value is -1.04. The van der Waals surface area contributed by atoms with Gasteiger partial charge in [-0.25, -0.2) is 0 Å². The van der Waals surface area contributed by atoms with Crippen molar-refractivity contribution < 1.29 is 4.79 Å². The Morgan fingerprint density at radius 1 is 1.32 bits per heavy atom. The van der Waals surface area contributed by atoms with Crippen molar-refractivity contribution in [2.45, 2.75) is 72.3 Å². The quantitative estimate of drug-likeness (QED) is 0.670. The van der Waals surface area contributed by atoms with Crippen molar-refractivity contribution in [2.75, 3.05) is 6.54 Å². The molecule has 0 aliphatic heterocycles. The van der Waals surface area contributed by atoms with Gasteiger partial charge in [-0.05, 0) is 31.6 Å². The van der Waals surface area contributed by atoms with E-state index in [1.807, 2.05) is 4.90 Å². The van der Waals surface area contributed by atoms with Crippen molar-refractivity contribution in [3.8, 4) is 6.07 Å². The maximum Gasteiger partial charge on any atom is 0.243 e. The zero-order valence-electron chi connectivity index (χ0n) is 12.9. The summed E-state index contributed by atoms with van der Waals surface area (Å²) in [5.74, 6) is 0.555. The van der Waals surface area contributed by atoms with Crippen LogP contribution in [0.25, 0.3) is 0 Å². The lowest BCUT2D eigenvalue weighted by Crippen LogP contribution is -2.46. The molecule has 0 bridgehead atoms. The van der Waals surface area contributed by atoms with Gasteiger partial charge in [0, 0.05) is 12.6 Å². The Kier molecular flexibility index (Phi) is 5.85. The summed E-state index contributed by atoms with van der Waals surface area (Å²) in [6.07, 6.45) is 5.38. The van der Waals surface area contributed by atoms with E-state index < -0.39 is 5.41 Å². The molecule has 0 N–H and O–H groups in total. The molecule has 0 aromatic rings. The van der Waals surface area contributed by atoms with E-state index in [0.717, 1.165) is 32.2 Å². The molecule has 1 aliphatic rings. The normalized spacial score (nSPS) is 15.4. The van der Waals surface area contributed by atoms with Crippen molar-refractivity contribution in [1.82, 2.24) is 4.90 Å². The minimum atomic E-state index is -0.777. The average Bonchev–Trinajstić information content (AvgIpc) is 3.18. The smallest absolute Gasteiger partial charge is 0.243 e. The number of rotatable bonds is 8. The average molecular weight is 264 g/mol. The van der Waals surface area contributed by atoms with Crippen LogP contribution in [0.4, 0.5) is 0 Å². The Morgan fingerprint density at radius 3 is 2.16 bits per heavy atom. The van der Waals surface area contributed by atoms with Gasteiger partial charge >= 0.3 is 0 Å². The molecule has 0 saturated heterocycles. The minimum absolute atomic E-state index is 0.0925. The summed E-state index contributed by atoms with van der Waals surface area (Å²) in [7, 11) is 0. The third-order valence-electron chi connectivity index (χ3n) is 3.79. The molecular formula is C16H28N2O. The number of carbonyl (C=O) groups excluding carboxylic acids is 1. The van der Waals surface area contributed by atoms with Gasteiger partial charge < -0.3 is 4.90 Å². The van der Waals surface area contributed by atoms with Gasteiger partial charge in [0.2, 0.25) is 5.91 Å². The first kappa shape index (κ1) is 16.0. The standard InChI is InChI=1S/C16H28N2O/c1-5-9-16(12-17,10-6-2)15(19)18(11-13(3)4)14-7-8-14/h13-14H,5-11H2,1-4H3. The fourth-order valence-electron chi connectivity index (χ4n) is 2.80. The second kappa shape index (κ2) is 6.93. The second-order valence-electron chi connectivity index (χ2n) is 6.28. The van der Waals surface area contributed by atoms with Crippen LogP contribution >= 0.6 is 0 Å². The van der Waals surface area contributed by atoms with Crippen LogP contribution in [0.1, 0.15) is 66.2 Å². The Balaban J connectivity index is 2.92. The molecule has 108 valence electrons. The van der Waals surface area contributed by atoms with Crippen LogP contribution in [0.15, 0.2) is 0 Å². The van der Waals surface area contributed by atoms with E-state index in [-0.39, 0.29) is 5.91 Å². The highest BCUT2D eigenvalue weighted by atomic mass is 16.2. The summed E-state index contributed by atoms with van der Waals surface area (Å²) >= 11 is 0. The van der Waals surface area contributed by atoms with Crippen molar-refractivity contribution in [1.29, 1.82) is 5.26 Å². The highest BCUT2D eigenvalue weighted by molar-refractivity contribution is 5.86. The van der Waals surface area contributed by atoms with E-state index in [9.17, 15) is 10.1 Å². The van der Waals surface area contributed by atoms with Crippen LogP contribution in [0.3, 0.4) is 0 Å². The summed E-state index contributed by atoms with van der Waals surface area (Å²) in [6.45, 7) is 9.17. The summed E-state index contributed by atoms with van der Waals surface area (Å²) in [6, 6.07) is 2.76. The van der Waals surface area contributed by atoms with Crippen LogP contribution in [0.5, 0.6) is 0 Å². The van der Waals surface area contributed by atoms with Gasteiger partial charge in [0.15, 0.2) is 0 Å². The van der Waals surface area contributed by atoms with Crippen molar-refractivity contribution in [2.24, 2.45) is 11.3 Å². The number of hydrogen-bond donors (Lipinski definition) is 0. The fourth-order valence-corrected chi connectivity index (χ4v) is 2.80. The van der Waals surface area contributed by atoms with Crippen molar-refractivity contribution in [3.05, 3.63) is 0 Å². The van der Waals surface area contributed by atoms with Gasteiger partial charge in [-0.2, -0.15) is 5.26 Å². The molecule has 0 unspecified atom stereocenters. The summed E-state index contributed by atoms with van der Waals surface area (Å²) in [4.78, 5) is 14.9. The summed E-state index contributed by atoms with van der Waals surface area (Å²) in [5.41, 5.74) is -0.777. The van der Waals surface area contributed by atoms with Crippen LogP contribution < -0.4 is 0 Å². The third-order valence-corrected chi connectivity index (χ3v) is 3.79. The van der Waals surface area contributed by atoms with E-state index in [2.05, 4.69) is 33.8 Å². The molecule has 1 aliphatic carbocycles. The first-order chi connectivity index (χ1) is 9.00. The van der Waals surface area contributed by atoms with Gasteiger partial charge in [0.1, 0.15) is 5.41 Å². The highest BCUT2D eigenvalue weighted by Gasteiger charge is 2.44. The zero-order chi connectivity index (χ0) is 14.5. The maximum absolute atomic E-state index is 12.9. The predicted octanol–water partition coefficient (Wildman–Crippen LogP) is 3.74. The minimum Gasteiger partial charge on any atom is -0.338 e. The number of nitriles is 1. The maximum atomic E-state index is 12.9. The lowest BCUT2D eigenvalue weighted by atomic mass is 9.79. The molecule has 1 saturated carbocycles. The molecule has 1 rings (SSSR count). The third kappa shape index (κ3) is 3.96. The monoisotopic (exact) mass is 264 g/mol. The number of hydrogen-bond acceptors (Lipinski definition) is 2. The molecule has 1 amide bonds. The molecule has 0 aromatic carbocycles. The van der Waals surface area contributed by atoms with Crippen LogP contribution in [0, 0.1) is 22.7 Å². The van der Waals surface area contributed by atoms with Crippen molar-refractivity contribution in [3.63, 3.8) is 0 Å². The topological polar surface area (TPSA) is 44.1 Å². The molecule has 0 aromatic heterocycles. The molecule has 0 spiro atoms. The van der Waals surface area contributed by atoms with Crippen LogP contribution in [-0.2, 0) is 4.79 Å². The molecular weight excluding hydrogens is 236 g/mol. The first-order valence-electron chi connectivity index (χ1n) is 7.73. The Labute approximate surface area is 118 Å². The van der Waals surface area contributed by atoms with E-state index >= 15 is 0 Å². The van der Waals surface area contributed by atoms with Gasteiger partial charge in [0.05, 0.1) is 6.07 Å². The second-order valence-corrected chi connectivity index (χ2v) is 6.28. The number of amides is 1. The van der Waals surface area contributed by atoms with E-state index in [1.165, 1.54) is 0 Å². The molecule has 19 heavy (non-hydrogen) atoms. The Morgan fingerprint density at radius 2 is 1.84 bits per heavy atom.